The Bertz CT molecular complexity index is 279. The molecule has 1 aromatic carbocycles. The molecule has 0 bridgehead atoms. The van der Waals surface area contributed by atoms with Gasteiger partial charge in [0.2, 0.25) is 0 Å². The minimum atomic E-state index is -2.15. The van der Waals surface area contributed by atoms with E-state index in [1.165, 1.54) is 0 Å². The van der Waals surface area contributed by atoms with E-state index < -0.39 is 24.7 Å². The lowest BCUT2D eigenvalue weighted by molar-refractivity contribution is 0.281. The summed E-state index contributed by atoms with van der Waals surface area (Å²) in [6.45, 7) is 0. The van der Waals surface area contributed by atoms with Crippen molar-refractivity contribution in [3.63, 3.8) is 0 Å². The topological polar surface area (TPSA) is 49.7 Å². The van der Waals surface area contributed by atoms with Crippen LogP contribution >= 0.6 is 0 Å². The third-order valence-corrected chi connectivity index (χ3v) is 1.13. The maximum atomic E-state index is 12.6. The largest absolute Gasteiger partial charge is 0.707 e. The molecule has 0 aromatic heterocycles. The van der Waals surface area contributed by atoms with Gasteiger partial charge in [0, 0.05) is 6.07 Å². The molecule has 0 unspecified atom stereocenters. The predicted molar refractivity (Wildman–Crippen MR) is 37.2 cm³/mol. The van der Waals surface area contributed by atoms with Gasteiger partial charge in [-0.15, -0.1) is 0 Å². The smallest absolute Gasteiger partial charge is 0.509 e. The first-order chi connectivity index (χ1) is 5.59. The molecule has 1 aromatic rings. The first-order valence-corrected chi connectivity index (χ1v) is 3.07. The second kappa shape index (κ2) is 3.51. The van der Waals surface area contributed by atoms with Crippen LogP contribution in [0.25, 0.3) is 0 Å². The molecule has 0 aliphatic heterocycles. The van der Waals surface area contributed by atoms with Gasteiger partial charge in [0.1, 0.15) is 11.6 Å². The van der Waals surface area contributed by atoms with Crippen molar-refractivity contribution in [1.82, 2.24) is 0 Å². The van der Waals surface area contributed by atoms with Gasteiger partial charge in [-0.3, -0.25) is 0 Å². The average molecular weight is 174 g/mol. The highest BCUT2D eigenvalue weighted by molar-refractivity contribution is 6.33. The summed E-state index contributed by atoms with van der Waals surface area (Å²) < 4.78 is 29.1. The van der Waals surface area contributed by atoms with Crippen molar-refractivity contribution in [2.24, 2.45) is 0 Å². The van der Waals surface area contributed by atoms with Gasteiger partial charge in [-0.25, -0.2) is 8.78 Å². The van der Waals surface area contributed by atoms with Crippen molar-refractivity contribution < 1.29 is 23.5 Å². The fraction of sp³-hybridized carbons (Fsp3) is 0. The number of hydrogen-bond acceptors (Lipinski definition) is 3. The molecule has 3 nitrogen and oxygen atoms in total. The minimum absolute atomic E-state index is 0.537. The summed E-state index contributed by atoms with van der Waals surface area (Å²) >= 11 is 0. The van der Waals surface area contributed by atoms with Crippen molar-refractivity contribution in [3.05, 3.63) is 29.8 Å². The fourth-order valence-corrected chi connectivity index (χ4v) is 0.681. The van der Waals surface area contributed by atoms with Gasteiger partial charge in [-0.2, -0.15) is 0 Å². The second-order valence-corrected chi connectivity index (χ2v) is 2.02. The van der Waals surface area contributed by atoms with E-state index in [0.29, 0.717) is 0 Å². The number of benzene rings is 1. The lowest BCUT2D eigenvalue weighted by Gasteiger charge is -2.04. The molecular weight excluding hydrogens is 169 g/mol. The Morgan fingerprint density at radius 1 is 1.25 bits per heavy atom. The van der Waals surface area contributed by atoms with E-state index in [-0.39, 0.29) is 0 Å². The van der Waals surface area contributed by atoms with Crippen LogP contribution in [0.1, 0.15) is 0 Å². The molecule has 2 N–H and O–H groups in total. The summed E-state index contributed by atoms with van der Waals surface area (Å²) in [7, 11) is -2.15. The number of hydrogen-bond donors (Lipinski definition) is 2. The van der Waals surface area contributed by atoms with Gasteiger partial charge in [-0.05, 0) is 12.1 Å². The standard InChI is InChI=1S/C6H5BF2O3/c8-4-1-2-5(9)6(3-4)12-7(10)11/h1-3,10-11H. The van der Waals surface area contributed by atoms with Crippen LogP contribution in [0.4, 0.5) is 8.78 Å². The number of halogens is 2. The highest BCUT2D eigenvalue weighted by atomic mass is 19.1. The summed E-state index contributed by atoms with van der Waals surface area (Å²) in [5.41, 5.74) is 0. The second-order valence-electron chi connectivity index (χ2n) is 2.02. The monoisotopic (exact) mass is 174 g/mol. The van der Waals surface area contributed by atoms with Crippen molar-refractivity contribution in [2.75, 3.05) is 0 Å². The Kier molecular flexibility index (Phi) is 2.62. The molecule has 64 valence electrons. The van der Waals surface area contributed by atoms with E-state index in [9.17, 15) is 8.78 Å². The molecular formula is C6H5BF2O3. The van der Waals surface area contributed by atoms with E-state index in [2.05, 4.69) is 4.65 Å². The molecule has 0 amide bonds. The number of rotatable bonds is 2. The summed E-state index contributed by atoms with van der Waals surface area (Å²) in [5, 5.41) is 16.5. The van der Waals surface area contributed by atoms with E-state index in [1.54, 1.807) is 0 Å². The van der Waals surface area contributed by atoms with Crippen LogP contribution in [0, 0.1) is 11.6 Å². The zero-order chi connectivity index (χ0) is 9.14. The highest BCUT2D eigenvalue weighted by Crippen LogP contribution is 2.17. The zero-order valence-corrected chi connectivity index (χ0v) is 5.87. The molecule has 0 saturated carbocycles. The Morgan fingerprint density at radius 2 is 1.92 bits per heavy atom. The van der Waals surface area contributed by atoms with Crippen LogP contribution in [0.15, 0.2) is 18.2 Å². The lowest BCUT2D eigenvalue weighted by Crippen LogP contribution is -2.21. The molecule has 0 aliphatic carbocycles. The minimum Gasteiger partial charge on any atom is -0.509 e. The lowest BCUT2D eigenvalue weighted by atomic mass is 10.2. The molecule has 0 fully saturated rings. The Balaban J connectivity index is 2.90. The third kappa shape index (κ3) is 2.18. The molecule has 12 heavy (non-hydrogen) atoms. The molecule has 0 saturated heterocycles. The van der Waals surface area contributed by atoms with Crippen LogP contribution in [-0.4, -0.2) is 17.4 Å². The first kappa shape index (κ1) is 8.96. The van der Waals surface area contributed by atoms with Crippen LogP contribution in [0.3, 0.4) is 0 Å². The summed E-state index contributed by atoms with van der Waals surface area (Å²) in [6.07, 6.45) is 0. The molecule has 0 spiro atoms. The van der Waals surface area contributed by atoms with E-state index in [4.69, 9.17) is 10.0 Å². The molecule has 0 heterocycles. The van der Waals surface area contributed by atoms with Crippen molar-refractivity contribution in [1.29, 1.82) is 0 Å². The quantitative estimate of drug-likeness (QED) is 0.634. The van der Waals surface area contributed by atoms with E-state index in [0.717, 1.165) is 18.2 Å². The van der Waals surface area contributed by atoms with Crippen LogP contribution in [0.5, 0.6) is 5.75 Å². The maximum Gasteiger partial charge on any atom is 0.707 e. The maximum absolute atomic E-state index is 12.6. The van der Waals surface area contributed by atoms with Crippen LogP contribution in [0.2, 0.25) is 0 Å². The fourth-order valence-electron chi connectivity index (χ4n) is 0.681. The van der Waals surface area contributed by atoms with Crippen LogP contribution in [-0.2, 0) is 0 Å². The van der Waals surface area contributed by atoms with Crippen molar-refractivity contribution in [2.45, 2.75) is 0 Å². The summed E-state index contributed by atoms with van der Waals surface area (Å²) in [6, 6.07) is 2.44. The Labute approximate surface area is 67.4 Å². The van der Waals surface area contributed by atoms with Gasteiger partial charge in [0.05, 0.1) is 0 Å². The molecule has 1 rings (SSSR count). The van der Waals surface area contributed by atoms with Gasteiger partial charge in [0.15, 0.2) is 5.82 Å². The molecule has 0 aliphatic rings. The average Bonchev–Trinajstić information content (AvgIpc) is 1.96. The zero-order valence-electron chi connectivity index (χ0n) is 5.87. The highest BCUT2D eigenvalue weighted by Gasteiger charge is 2.14. The third-order valence-electron chi connectivity index (χ3n) is 1.13. The van der Waals surface area contributed by atoms with Crippen molar-refractivity contribution >= 4 is 7.32 Å². The predicted octanol–water partition coefficient (Wildman–Crippen LogP) is 0.313. The van der Waals surface area contributed by atoms with E-state index >= 15 is 0 Å². The van der Waals surface area contributed by atoms with Crippen molar-refractivity contribution in [3.8, 4) is 5.75 Å². The Morgan fingerprint density at radius 3 is 2.50 bits per heavy atom. The normalized spacial score (nSPS) is 9.67. The first-order valence-electron chi connectivity index (χ1n) is 3.07. The van der Waals surface area contributed by atoms with Crippen LogP contribution < -0.4 is 4.65 Å². The van der Waals surface area contributed by atoms with Gasteiger partial charge in [0.25, 0.3) is 0 Å². The molecule has 0 radical (unpaired) electrons. The Hall–Kier alpha value is -1.14. The summed E-state index contributed by atoms with van der Waals surface area (Å²) in [5.74, 6) is -2.11. The van der Waals surface area contributed by atoms with Gasteiger partial charge >= 0.3 is 7.32 Å². The van der Waals surface area contributed by atoms with Gasteiger partial charge < -0.3 is 14.7 Å². The van der Waals surface area contributed by atoms with E-state index in [1.807, 2.05) is 0 Å². The SMILES string of the molecule is OB(O)Oc1cc(F)ccc1F. The molecule has 0 atom stereocenters. The van der Waals surface area contributed by atoms with Gasteiger partial charge in [-0.1, -0.05) is 0 Å². The molecule has 6 heteroatoms. The summed E-state index contributed by atoms with van der Waals surface area (Å²) in [4.78, 5) is 0.